The predicted molar refractivity (Wildman–Crippen MR) is 74.3 cm³/mol. The lowest BCUT2D eigenvalue weighted by molar-refractivity contribution is -0.117. The number of nitrogens with zero attached hydrogens (tertiary/aromatic N) is 1. The summed E-state index contributed by atoms with van der Waals surface area (Å²) in [5.41, 5.74) is 1.01. The van der Waals surface area contributed by atoms with Crippen molar-refractivity contribution in [2.45, 2.75) is 19.9 Å². The zero-order valence-electron chi connectivity index (χ0n) is 11.5. The number of amides is 1. The zero-order chi connectivity index (χ0) is 14.4. The van der Waals surface area contributed by atoms with Crippen molar-refractivity contribution in [3.05, 3.63) is 29.8 Å². The van der Waals surface area contributed by atoms with E-state index < -0.39 is 0 Å². The number of aliphatic hydroxyl groups excluding tert-OH is 1. The van der Waals surface area contributed by atoms with Crippen LogP contribution >= 0.6 is 0 Å². The average Bonchev–Trinajstić information content (AvgIpc) is 2.37. The van der Waals surface area contributed by atoms with E-state index in [4.69, 9.17) is 5.11 Å². The van der Waals surface area contributed by atoms with Crippen LogP contribution < -0.4 is 5.32 Å². The summed E-state index contributed by atoms with van der Waals surface area (Å²) in [6, 6.07) is 6.81. The number of aliphatic hydroxyl groups is 1. The highest BCUT2D eigenvalue weighted by molar-refractivity contribution is 6.04. The first-order chi connectivity index (χ1) is 8.95. The quantitative estimate of drug-likeness (QED) is 0.756. The van der Waals surface area contributed by atoms with Gasteiger partial charge in [0.1, 0.15) is 0 Å². The van der Waals surface area contributed by atoms with Crippen molar-refractivity contribution in [3.63, 3.8) is 0 Å². The molecular formula is C14H20N2O3. The van der Waals surface area contributed by atoms with E-state index in [0.29, 0.717) is 11.3 Å². The van der Waals surface area contributed by atoms with Crippen molar-refractivity contribution in [3.8, 4) is 0 Å². The van der Waals surface area contributed by atoms with E-state index in [2.05, 4.69) is 5.32 Å². The average molecular weight is 264 g/mol. The molecule has 0 saturated heterocycles. The van der Waals surface area contributed by atoms with Gasteiger partial charge in [0, 0.05) is 11.6 Å². The normalized spacial score (nSPS) is 12.3. The number of ketones is 1. The molecule has 0 aliphatic rings. The van der Waals surface area contributed by atoms with Gasteiger partial charge in [-0.05, 0) is 33.0 Å². The van der Waals surface area contributed by atoms with Crippen molar-refractivity contribution in [1.82, 2.24) is 4.90 Å². The molecule has 0 radical (unpaired) electrons. The second kappa shape index (κ2) is 7.01. The molecule has 1 aromatic carbocycles. The number of hydrogen-bond donors (Lipinski definition) is 2. The number of nitrogens with one attached hydrogen (secondary N) is 1. The first-order valence-corrected chi connectivity index (χ1v) is 6.16. The summed E-state index contributed by atoms with van der Waals surface area (Å²) in [5.74, 6) is -0.301. The van der Waals surface area contributed by atoms with Gasteiger partial charge in [-0.2, -0.15) is 0 Å². The van der Waals surface area contributed by atoms with E-state index in [-0.39, 0.29) is 30.9 Å². The van der Waals surface area contributed by atoms with E-state index in [9.17, 15) is 9.59 Å². The van der Waals surface area contributed by atoms with Crippen LogP contribution in [0.2, 0.25) is 0 Å². The molecule has 0 spiro atoms. The third-order valence-corrected chi connectivity index (χ3v) is 2.99. The topological polar surface area (TPSA) is 69.6 Å². The van der Waals surface area contributed by atoms with Crippen LogP contribution in [0.4, 0.5) is 5.69 Å². The summed E-state index contributed by atoms with van der Waals surface area (Å²) >= 11 is 0. The van der Waals surface area contributed by atoms with Crippen molar-refractivity contribution < 1.29 is 14.7 Å². The van der Waals surface area contributed by atoms with Crippen LogP contribution in [0.25, 0.3) is 0 Å². The molecular weight excluding hydrogens is 244 g/mol. The van der Waals surface area contributed by atoms with Crippen LogP contribution in [0, 0.1) is 0 Å². The Kier molecular flexibility index (Phi) is 5.66. The number of anilines is 1. The molecule has 1 unspecified atom stereocenters. The zero-order valence-corrected chi connectivity index (χ0v) is 11.5. The Hall–Kier alpha value is -1.72. The Morgan fingerprint density at radius 2 is 2.00 bits per heavy atom. The van der Waals surface area contributed by atoms with Gasteiger partial charge < -0.3 is 10.4 Å². The molecule has 104 valence electrons. The highest BCUT2D eigenvalue weighted by atomic mass is 16.3. The standard InChI is InChI=1S/C14H20N2O3/c1-10(9-17)16(3)8-14(19)15-13-7-5-4-6-12(13)11(2)18/h4-7,10,17H,8-9H2,1-3H3,(H,15,19). The first-order valence-electron chi connectivity index (χ1n) is 6.16. The van der Waals surface area contributed by atoms with Gasteiger partial charge in [-0.3, -0.25) is 14.5 Å². The molecule has 0 aliphatic carbocycles. The molecule has 2 N–H and O–H groups in total. The maximum atomic E-state index is 11.9. The summed E-state index contributed by atoms with van der Waals surface area (Å²) in [4.78, 5) is 25.0. The summed E-state index contributed by atoms with van der Waals surface area (Å²) in [6.45, 7) is 3.45. The lowest BCUT2D eigenvalue weighted by Gasteiger charge is -2.22. The highest BCUT2D eigenvalue weighted by Gasteiger charge is 2.14. The molecule has 5 nitrogen and oxygen atoms in total. The lowest BCUT2D eigenvalue weighted by atomic mass is 10.1. The number of hydrogen-bond acceptors (Lipinski definition) is 4. The van der Waals surface area contributed by atoms with Gasteiger partial charge in [-0.25, -0.2) is 0 Å². The molecule has 19 heavy (non-hydrogen) atoms. The number of rotatable bonds is 6. The molecule has 0 aromatic heterocycles. The van der Waals surface area contributed by atoms with Crippen molar-refractivity contribution >= 4 is 17.4 Å². The van der Waals surface area contributed by atoms with E-state index in [1.807, 2.05) is 6.92 Å². The van der Waals surface area contributed by atoms with Crippen LogP contribution in [0.15, 0.2) is 24.3 Å². The third-order valence-electron chi connectivity index (χ3n) is 2.99. The van der Waals surface area contributed by atoms with Gasteiger partial charge in [0.25, 0.3) is 0 Å². The number of Topliss-reactive ketones (excluding diaryl/α,β-unsaturated/α-hetero) is 1. The van der Waals surface area contributed by atoms with Crippen molar-refractivity contribution in [2.75, 3.05) is 25.5 Å². The minimum absolute atomic E-state index is 0.00614. The summed E-state index contributed by atoms with van der Waals surface area (Å²) in [6.07, 6.45) is 0. The molecule has 0 saturated carbocycles. The lowest BCUT2D eigenvalue weighted by Crippen LogP contribution is -2.38. The van der Waals surface area contributed by atoms with Crippen LogP contribution in [-0.2, 0) is 4.79 Å². The van der Waals surface area contributed by atoms with Crippen LogP contribution in [0.5, 0.6) is 0 Å². The van der Waals surface area contributed by atoms with Gasteiger partial charge in [-0.1, -0.05) is 12.1 Å². The first kappa shape index (κ1) is 15.3. The minimum atomic E-state index is -0.212. The maximum absolute atomic E-state index is 11.9. The van der Waals surface area contributed by atoms with E-state index in [1.165, 1.54) is 6.92 Å². The fraction of sp³-hybridized carbons (Fsp3) is 0.429. The molecule has 0 aliphatic heterocycles. The number of para-hydroxylation sites is 1. The van der Waals surface area contributed by atoms with E-state index in [0.717, 1.165) is 0 Å². The monoisotopic (exact) mass is 264 g/mol. The van der Waals surface area contributed by atoms with Gasteiger partial charge in [0.15, 0.2) is 5.78 Å². The van der Waals surface area contributed by atoms with Gasteiger partial charge in [-0.15, -0.1) is 0 Å². The summed E-state index contributed by atoms with van der Waals surface area (Å²) in [5, 5.41) is 11.7. The maximum Gasteiger partial charge on any atom is 0.238 e. The second-order valence-corrected chi connectivity index (χ2v) is 4.60. The van der Waals surface area contributed by atoms with Gasteiger partial charge >= 0.3 is 0 Å². The Morgan fingerprint density at radius 3 is 2.58 bits per heavy atom. The van der Waals surface area contributed by atoms with E-state index >= 15 is 0 Å². The number of carbonyl (C=O) groups is 2. The fourth-order valence-corrected chi connectivity index (χ4v) is 1.61. The molecule has 0 heterocycles. The number of benzene rings is 1. The minimum Gasteiger partial charge on any atom is -0.395 e. The number of likely N-dealkylation sites (N-methyl/N-ethyl adjacent to an activating group) is 1. The second-order valence-electron chi connectivity index (χ2n) is 4.60. The van der Waals surface area contributed by atoms with Gasteiger partial charge in [0.2, 0.25) is 5.91 Å². The Balaban J connectivity index is 2.70. The Labute approximate surface area is 113 Å². The van der Waals surface area contributed by atoms with Crippen LogP contribution in [-0.4, -0.2) is 47.9 Å². The Morgan fingerprint density at radius 1 is 1.37 bits per heavy atom. The third kappa shape index (κ3) is 4.46. The van der Waals surface area contributed by atoms with Gasteiger partial charge in [0.05, 0.1) is 18.8 Å². The molecule has 1 amide bonds. The Bertz CT molecular complexity index is 460. The molecule has 0 fully saturated rings. The fourth-order valence-electron chi connectivity index (χ4n) is 1.61. The largest absolute Gasteiger partial charge is 0.395 e. The molecule has 1 atom stereocenters. The summed E-state index contributed by atoms with van der Waals surface area (Å²) < 4.78 is 0. The van der Waals surface area contributed by atoms with Crippen molar-refractivity contribution in [1.29, 1.82) is 0 Å². The predicted octanol–water partition coefficient (Wildman–Crippen LogP) is 1.14. The summed E-state index contributed by atoms with van der Waals surface area (Å²) in [7, 11) is 1.76. The SMILES string of the molecule is CC(=O)c1ccccc1NC(=O)CN(C)C(C)CO. The molecule has 1 aromatic rings. The molecule has 0 bridgehead atoms. The molecule has 1 rings (SSSR count). The molecule has 5 heteroatoms. The van der Waals surface area contributed by atoms with Crippen LogP contribution in [0.3, 0.4) is 0 Å². The van der Waals surface area contributed by atoms with Crippen LogP contribution in [0.1, 0.15) is 24.2 Å². The number of carbonyl (C=O) groups excluding carboxylic acids is 2. The van der Waals surface area contributed by atoms with E-state index in [1.54, 1.807) is 36.2 Å². The smallest absolute Gasteiger partial charge is 0.238 e. The van der Waals surface area contributed by atoms with Crippen molar-refractivity contribution in [2.24, 2.45) is 0 Å². The highest BCUT2D eigenvalue weighted by Crippen LogP contribution is 2.15.